The van der Waals surface area contributed by atoms with Crippen LogP contribution in [0, 0.1) is 5.92 Å². The maximum Gasteiger partial charge on any atom is 0.407 e. The average Bonchev–Trinajstić information content (AvgIpc) is 3.49. The lowest BCUT2D eigenvalue weighted by Gasteiger charge is -2.34. The zero-order valence-electron chi connectivity index (χ0n) is 19.5. The molecule has 2 fully saturated rings. The summed E-state index contributed by atoms with van der Waals surface area (Å²) >= 11 is 0. The Kier molecular flexibility index (Phi) is 6.72. The molecule has 184 valence electrons. The second-order valence-corrected chi connectivity index (χ2v) is 9.48. The van der Waals surface area contributed by atoms with E-state index in [1.54, 1.807) is 0 Å². The van der Waals surface area contributed by atoms with Gasteiger partial charge in [0.05, 0.1) is 18.6 Å². The van der Waals surface area contributed by atoms with Gasteiger partial charge in [0.25, 0.3) is 0 Å². The standard InChI is InChI=1S/C27H30N2O6/c30-25(29-12-6-5-11-24(29)26(31)32)17-13-18(34-15-17)14-28-27(33)35-16-23-21-9-3-1-7-19(21)20-8-2-4-10-22(20)23/h1-4,7-10,17-18,23-24H,5-6,11-16H2,(H,28,33)(H,31,32)/t17-,18-,24?/m0/s1. The number of fused-ring (bicyclic) bond motifs is 3. The van der Waals surface area contributed by atoms with E-state index in [9.17, 15) is 19.5 Å². The van der Waals surface area contributed by atoms with E-state index in [-0.39, 0.29) is 43.6 Å². The van der Waals surface area contributed by atoms with Crippen molar-refractivity contribution in [2.45, 2.75) is 43.7 Å². The van der Waals surface area contributed by atoms with Gasteiger partial charge in [-0.25, -0.2) is 9.59 Å². The zero-order valence-corrected chi connectivity index (χ0v) is 19.5. The maximum absolute atomic E-state index is 12.9. The minimum Gasteiger partial charge on any atom is -0.480 e. The molecule has 2 N–H and O–H groups in total. The van der Waals surface area contributed by atoms with Crippen molar-refractivity contribution in [3.63, 3.8) is 0 Å². The van der Waals surface area contributed by atoms with Crippen molar-refractivity contribution in [1.82, 2.24) is 10.2 Å². The Bertz CT molecular complexity index is 1070. The predicted octanol–water partition coefficient (Wildman–Crippen LogP) is 3.40. The Labute approximate surface area is 204 Å². The summed E-state index contributed by atoms with van der Waals surface area (Å²) in [4.78, 5) is 38.4. The number of aliphatic carboxylic acids is 1. The summed E-state index contributed by atoms with van der Waals surface area (Å²) < 4.78 is 11.3. The lowest BCUT2D eigenvalue weighted by molar-refractivity contribution is -0.153. The van der Waals surface area contributed by atoms with Gasteiger partial charge in [0.2, 0.25) is 5.91 Å². The van der Waals surface area contributed by atoms with E-state index in [0.717, 1.165) is 24.0 Å². The molecule has 2 saturated heterocycles. The molecule has 1 unspecified atom stereocenters. The number of carbonyl (C=O) groups is 3. The fraction of sp³-hybridized carbons (Fsp3) is 0.444. The highest BCUT2D eigenvalue weighted by atomic mass is 16.5. The predicted molar refractivity (Wildman–Crippen MR) is 128 cm³/mol. The lowest BCUT2D eigenvalue weighted by Crippen LogP contribution is -2.50. The third-order valence-corrected chi connectivity index (χ3v) is 7.32. The first-order valence-corrected chi connectivity index (χ1v) is 12.3. The second-order valence-electron chi connectivity index (χ2n) is 9.48. The topological polar surface area (TPSA) is 105 Å². The van der Waals surface area contributed by atoms with Crippen LogP contribution in [-0.2, 0) is 19.1 Å². The van der Waals surface area contributed by atoms with Gasteiger partial charge in [-0.15, -0.1) is 0 Å². The molecule has 2 aromatic carbocycles. The summed E-state index contributed by atoms with van der Waals surface area (Å²) in [5, 5.41) is 12.2. The van der Waals surface area contributed by atoms with E-state index in [1.165, 1.54) is 16.0 Å². The zero-order chi connectivity index (χ0) is 24.4. The largest absolute Gasteiger partial charge is 0.480 e. The van der Waals surface area contributed by atoms with Crippen LogP contribution in [-0.4, -0.2) is 66.4 Å². The molecule has 8 nitrogen and oxygen atoms in total. The number of nitrogens with zero attached hydrogens (tertiary/aromatic N) is 1. The Hall–Kier alpha value is -3.39. The summed E-state index contributed by atoms with van der Waals surface area (Å²) in [6, 6.07) is 15.6. The molecule has 0 saturated carbocycles. The van der Waals surface area contributed by atoms with Crippen LogP contribution in [0.25, 0.3) is 11.1 Å². The highest BCUT2D eigenvalue weighted by molar-refractivity contribution is 5.85. The minimum atomic E-state index is -0.953. The van der Waals surface area contributed by atoms with Crippen molar-refractivity contribution in [2.75, 3.05) is 26.3 Å². The number of alkyl carbamates (subject to hydrolysis) is 1. The number of carbonyl (C=O) groups excluding carboxylic acids is 2. The molecular weight excluding hydrogens is 448 g/mol. The van der Waals surface area contributed by atoms with Gasteiger partial charge >= 0.3 is 12.1 Å². The number of hydrogen-bond acceptors (Lipinski definition) is 5. The fourth-order valence-electron chi connectivity index (χ4n) is 5.55. The molecule has 2 heterocycles. The number of benzene rings is 2. The van der Waals surface area contributed by atoms with Gasteiger partial charge in [0.15, 0.2) is 0 Å². The smallest absolute Gasteiger partial charge is 0.407 e. The van der Waals surface area contributed by atoms with E-state index in [1.807, 2.05) is 24.3 Å². The molecule has 1 aliphatic carbocycles. The molecule has 2 aromatic rings. The minimum absolute atomic E-state index is 0.00962. The molecule has 0 spiro atoms. The Morgan fingerprint density at radius 2 is 1.71 bits per heavy atom. The molecule has 35 heavy (non-hydrogen) atoms. The van der Waals surface area contributed by atoms with Gasteiger partial charge in [-0.1, -0.05) is 48.5 Å². The van der Waals surface area contributed by atoms with Crippen molar-refractivity contribution >= 4 is 18.0 Å². The van der Waals surface area contributed by atoms with E-state index < -0.39 is 18.1 Å². The number of likely N-dealkylation sites (tertiary alicyclic amines) is 1. The number of carboxylic acid groups (broad SMARTS) is 1. The SMILES string of the molecule is O=C(NC[C@@H]1C[C@H](C(=O)N2CCCCC2C(=O)O)CO1)OCC1c2ccccc2-c2ccccc21. The van der Waals surface area contributed by atoms with Crippen LogP contribution in [0.4, 0.5) is 4.79 Å². The Morgan fingerprint density at radius 1 is 1.03 bits per heavy atom. The molecule has 8 heteroatoms. The summed E-state index contributed by atoms with van der Waals surface area (Å²) in [6.45, 7) is 1.18. The van der Waals surface area contributed by atoms with Crippen molar-refractivity contribution in [3.05, 3.63) is 59.7 Å². The molecular formula is C27H30N2O6. The first kappa shape index (κ1) is 23.4. The highest BCUT2D eigenvalue weighted by Crippen LogP contribution is 2.44. The van der Waals surface area contributed by atoms with Gasteiger partial charge in [-0.3, -0.25) is 4.79 Å². The summed E-state index contributed by atoms with van der Waals surface area (Å²) in [7, 11) is 0. The highest BCUT2D eigenvalue weighted by Gasteiger charge is 2.39. The normalized spacial score (nSPS) is 23.4. The molecule has 0 bridgehead atoms. The van der Waals surface area contributed by atoms with Gasteiger partial charge < -0.3 is 24.8 Å². The van der Waals surface area contributed by atoms with E-state index in [2.05, 4.69) is 29.6 Å². The number of amides is 2. The summed E-state index contributed by atoms with van der Waals surface area (Å²) in [5.74, 6) is -1.51. The number of ether oxygens (including phenoxy) is 2. The first-order chi connectivity index (χ1) is 17.0. The monoisotopic (exact) mass is 478 g/mol. The average molecular weight is 479 g/mol. The lowest BCUT2D eigenvalue weighted by atomic mass is 9.97. The van der Waals surface area contributed by atoms with Crippen molar-refractivity contribution in [3.8, 4) is 11.1 Å². The van der Waals surface area contributed by atoms with Gasteiger partial charge in [0, 0.05) is 19.0 Å². The third-order valence-electron chi connectivity index (χ3n) is 7.32. The first-order valence-electron chi connectivity index (χ1n) is 12.3. The van der Waals surface area contributed by atoms with E-state index >= 15 is 0 Å². The summed E-state index contributed by atoms with van der Waals surface area (Å²) in [6.07, 6.45) is 1.74. The Morgan fingerprint density at radius 3 is 2.40 bits per heavy atom. The number of rotatable bonds is 6. The number of piperidine rings is 1. The van der Waals surface area contributed by atoms with Crippen molar-refractivity contribution in [2.24, 2.45) is 5.92 Å². The van der Waals surface area contributed by atoms with Gasteiger partial charge in [-0.05, 0) is 47.9 Å². The molecule has 3 atom stereocenters. The quantitative estimate of drug-likeness (QED) is 0.659. The van der Waals surface area contributed by atoms with Crippen molar-refractivity contribution < 1.29 is 29.0 Å². The van der Waals surface area contributed by atoms with Gasteiger partial charge in [-0.2, -0.15) is 0 Å². The Balaban J connectivity index is 1.11. The molecule has 2 amide bonds. The number of nitrogens with one attached hydrogen (secondary N) is 1. The van der Waals surface area contributed by atoms with Crippen LogP contribution < -0.4 is 5.32 Å². The van der Waals surface area contributed by atoms with Crippen LogP contribution in [0.3, 0.4) is 0 Å². The number of hydrogen-bond donors (Lipinski definition) is 2. The van der Waals surface area contributed by atoms with Crippen LogP contribution >= 0.6 is 0 Å². The van der Waals surface area contributed by atoms with E-state index in [4.69, 9.17) is 9.47 Å². The molecule has 5 rings (SSSR count). The second kappa shape index (κ2) is 10.1. The molecule has 0 aromatic heterocycles. The van der Waals surface area contributed by atoms with Crippen LogP contribution in [0.1, 0.15) is 42.7 Å². The molecule has 2 aliphatic heterocycles. The molecule has 0 radical (unpaired) electrons. The van der Waals surface area contributed by atoms with Crippen LogP contribution in [0.2, 0.25) is 0 Å². The maximum atomic E-state index is 12.9. The van der Waals surface area contributed by atoms with Crippen LogP contribution in [0.5, 0.6) is 0 Å². The third kappa shape index (κ3) is 4.75. The van der Waals surface area contributed by atoms with E-state index in [0.29, 0.717) is 19.4 Å². The molecule has 3 aliphatic rings. The fourth-order valence-corrected chi connectivity index (χ4v) is 5.55. The van der Waals surface area contributed by atoms with Crippen LogP contribution in [0.15, 0.2) is 48.5 Å². The number of carboxylic acids is 1. The summed E-state index contributed by atoms with van der Waals surface area (Å²) in [5.41, 5.74) is 4.65. The van der Waals surface area contributed by atoms with Crippen molar-refractivity contribution in [1.29, 1.82) is 0 Å². The van der Waals surface area contributed by atoms with Gasteiger partial charge in [0.1, 0.15) is 12.6 Å².